The highest BCUT2D eigenvalue weighted by molar-refractivity contribution is 5.77. The zero-order valence-electron chi connectivity index (χ0n) is 12.7. The molecule has 1 aromatic carbocycles. The minimum absolute atomic E-state index is 0.0157. The fourth-order valence-corrected chi connectivity index (χ4v) is 1.79. The molecule has 4 nitrogen and oxygen atoms in total. The first-order valence-electron chi connectivity index (χ1n) is 6.78. The SMILES string of the molecule is CCN(CC(=O)N(C)C)Cc1ccc(F)cc1C#CCO. The predicted molar refractivity (Wildman–Crippen MR) is 80.0 cm³/mol. The highest BCUT2D eigenvalue weighted by atomic mass is 19.1. The van der Waals surface area contributed by atoms with E-state index in [1.807, 2.05) is 11.8 Å². The molecule has 0 spiro atoms. The Morgan fingerprint density at radius 3 is 2.67 bits per heavy atom. The Bertz CT molecular complexity index is 547. The summed E-state index contributed by atoms with van der Waals surface area (Å²) in [5.74, 6) is 4.92. The summed E-state index contributed by atoms with van der Waals surface area (Å²) >= 11 is 0. The van der Waals surface area contributed by atoms with Crippen molar-refractivity contribution in [1.29, 1.82) is 0 Å². The first-order chi connectivity index (χ1) is 9.97. The van der Waals surface area contributed by atoms with Crippen LogP contribution in [-0.2, 0) is 11.3 Å². The van der Waals surface area contributed by atoms with Gasteiger partial charge in [0.05, 0.1) is 6.54 Å². The Morgan fingerprint density at radius 1 is 1.38 bits per heavy atom. The Labute approximate surface area is 125 Å². The molecule has 0 aromatic heterocycles. The van der Waals surface area contributed by atoms with Gasteiger partial charge in [-0.3, -0.25) is 9.69 Å². The van der Waals surface area contributed by atoms with Crippen molar-refractivity contribution in [3.63, 3.8) is 0 Å². The second-order valence-electron chi connectivity index (χ2n) is 4.85. The van der Waals surface area contributed by atoms with Gasteiger partial charge in [-0.05, 0) is 24.2 Å². The fraction of sp³-hybridized carbons (Fsp3) is 0.438. The van der Waals surface area contributed by atoms with E-state index in [0.717, 1.165) is 5.56 Å². The van der Waals surface area contributed by atoms with Crippen molar-refractivity contribution in [3.8, 4) is 11.8 Å². The third-order valence-corrected chi connectivity index (χ3v) is 3.07. The molecule has 114 valence electrons. The van der Waals surface area contributed by atoms with Crippen molar-refractivity contribution in [2.24, 2.45) is 0 Å². The van der Waals surface area contributed by atoms with Crippen molar-refractivity contribution in [2.75, 3.05) is 33.8 Å². The number of hydrogen-bond donors (Lipinski definition) is 1. The van der Waals surface area contributed by atoms with Crippen LogP contribution in [0.4, 0.5) is 4.39 Å². The number of amides is 1. The third-order valence-electron chi connectivity index (χ3n) is 3.07. The van der Waals surface area contributed by atoms with Gasteiger partial charge >= 0.3 is 0 Å². The molecule has 0 fully saturated rings. The zero-order valence-corrected chi connectivity index (χ0v) is 12.7. The summed E-state index contributed by atoms with van der Waals surface area (Å²) < 4.78 is 13.3. The third kappa shape index (κ3) is 5.54. The molecule has 0 unspecified atom stereocenters. The van der Waals surface area contributed by atoms with Crippen molar-refractivity contribution < 1.29 is 14.3 Å². The number of benzene rings is 1. The summed E-state index contributed by atoms with van der Waals surface area (Å²) in [7, 11) is 3.43. The summed E-state index contributed by atoms with van der Waals surface area (Å²) in [6.45, 7) is 3.20. The minimum Gasteiger partial charge on any atom is -0.384 e. The van der Waals surface area contributed by atoms with E-state index >= 15 is 0 Å². The van der Waals surface area contributed by atoms with Gasteiger partial charge in [0.1, 0.15) is 12.4 Å². The lowest BCUT2D eigenvalue weighted by Crippen LogP contribution is -2.36. The van der Waals surface area contributed by atoms with E-state index in [-0.39, 0.29) is 18.3 Å². The lowest BCUT2D eigenvalue weighted by atomic mass is 10.1. The van der Waals surface area contributed by atoms with Crippen molar-refractivity contribution in [1.82, 2.24) is 9.80 Å². The number of carbonyl (C=O) groups excluding carboxylic acids is 1. The lowest BCUT2D eigenvalue weighted by Gasteiger charge is -2.22. The summed E-state index contributed by atoms with van der Waals surface area (Å²) in [5.41, 5.74) is 1.38. The molecule has 1 aromatic rings. The normalized spacial score (nSPS) is 10.2. The molecule has 0 saturated heterocycles. The van der Waals surface area contributed by atoms with Crippen LogP contribution in [0, 0.1) is 17.7 Å². The van der Waals surface area contributed by atoms with Crippen LogP contribution in [0.2, 0.25) is 0 Å². The molecule has 0 radical (unpaired) electrons. The van der Waals surface area contributed by atoms with Crippen LogP contribution in [-0.4, -0.2) is 54.6 Å². The largest absolute Gasteiger partial charge is 0.384 e. The highest BCUT2D eigenvalue weighted by Gasteiger charge is 2.13. The number of nitrogens with zero attached hydrogens (tertiary/aromatic N) is 2. The lowest BCUT2D eigenvalue weighted by molar-refractivity contribution is -0.130. The standard InChI is InChI=1S/C16H21FN2O2/c1-4-19(12-16(21)18(2)3)11-14-7-8-15(17)10-13(14)6-5-9-20/h7-8,10,20H,4,9,11-12H2,1-3H3. The van der Waals surface area contributed by atoms with E-state index < -0.39 is 0 Å². The molecular formula is C16H21FN2O2. The zero-order chi connectivity index (χ0) is 15.8. The van der Waals surface area contributed by atoms with Crippen LogP contribution >= 0.6 is 0 Å². The van der Waals surface area contributed by atoms with E-state index in [1.165, 1.54) is 12.1 Å². The molecule has 0 bridgehead atoms. The summed E-state index contributed by atoms with van der Waals surface area (Å²) in [5, 5.41) is 8.77. The van der Waals surface area contributed by atoms with Crippen LogP contribution < -0.4 is 0 Å². The van der Waals surface area contributed by atoms with E-state index in [4.69, 9.17) is 5.11 Å². The second-order valence-corrected chi connectivity index (χ2v) is 4.85. The fourth-order valence-electron chi connectivity index (χ4n) is 1.79. The molecule has 1 amide bonds. The summed E-state index contributed by atoms with van der Waals surface area (Å²) in [4.78, 5) is 15.3. The number of carbonyl (C=O) groups is 1. The molecule has 0 aliphatic carbocycles. The van der Waals surface area contributed by atoms with Gasteiger partial charge in [0, 0.05) is 26.2 Å². The number of aliphatic hydroxyl groups is 1. The summed E-state index contributed by atoms with van der Waals surface area (Å²) in [6.07, 6.45) is 0. The van der Waals surface area contributed by atoms with Crippen LogP contribution in [0.5, 0.6) is 0 Å². The quantitative estimate of drug-likeness (QED) is 0.826. The van der Waals surface area contributed by atoms with E-state index in [1.54, 1.807) is 25.1 Å². The molecule has 0 aliphatic rings. The molecule has 1 N–H and O–H groups in total. The molecule has 0 atom stereocenters. The number of hydrogen-bond acceptors (Lipinski definition) is 3. The van der Waals surface area contributed by atoms with Gasteiger partial charge in [0.2, 0.25) is 5.91 Å². The maximum Gasteiger partial charge on any atom is 0.236 e. The van der Waals surface area contributed by atoms with E-state index in [2.05, 4.69) is 11.8 Å². The topological polar surface area (TPSA) is 43.8 Å². The molecule has 0 saturated carbocycles. The average Bonchev–Trinajstić information content (AvgIpc) is 2.46. The molecule has 21 heavy (non-hydrogen) atoms. The first kappa shape index (κ1) is 17.2. The van der Waals surface area contributed by atoms with Gasteiger partial charge in [-0.25, -0.2) is 4.39 Å². The van der Waals surface area contributed by atoms with Crippen LogP contribution in [0.3, 0.4) is 0 Å². The Hall–Kier alpha value is -1.90. The smallest absolute Gasteiger partial charge is 0.236 e. The monoisotopic (exact) mass is 292 g/mol. The molecule has 0 aliphatic heterocycles. The van der Waals surface area contributed by atoms with Gasteiger partial charge in [0.15, 0.2) is 0 Å². The predicted octanol–water partition coefficient (Wildman–Crippen LogP) is 1.08. The Kier molecular flexibility index (Phi) is 6.86. The van der Waals surface area contributed by atoms with Crippen LogP contribution in [0.15, 0.2) is 18.2 Å². The summed E-state index contributed by atoms with van der Waals surface area (Å²) in [6, 6.07) is 4.39. The van der Waals surface area contributed by atoms with Crippen molar-refractivity contribution in [3.05, 3.63) is 35.1 Å². The van der Waals surface area contributed by atoms with Gasteiger partial charge in [-0.15, -0.1) is 0 Å². The highest BCUT2D eigenvalue weighted by Crippen LogP contribution is 2.13. The van der Waals surface area contributed by atoms with Crippen LogP contribution in [0.25, 0.3) is 0 Å². The van der Waals surface area contributed by atoms with E-state index in [9.17, 15) is 9.18 Å². The Balaban J connectivity index is 2.91. The first-order valence-corrected chi connectivity index (χ1v) is 6.78. The maximum atomic E-state index is 13.3. The van der Waals surface area contributed by atoms with Gasteiger partial charge in [-0.2, -0.15) is 0 Å². The molecule has 1 rings (SSSR count). The number of rotatable bonds is 5. The van der Waals surface area contributed by atoms with Crippen molar-refractivity contribution in [2.45, 2.75) is 13.5 Å². The Morgan fingerprint density at radius 2 is 2.10 bits per heavy atom. The van der Waals surface area contributed by atoms with Crippen LogP contribution in [0.1, 0.15) is 18.1 Å². The van der Waals surface area contributed by atoms with Gasteiger partial charge in [-0.1, -0.05) is 24.8 Å². The molecule has 0 heterocycles. The number of likely N-dealkylation sites (N-methyl/N-ethyl adjacent to an activating group) is 2. The number of halogens is 1. The minimum atomic E-state index is -0.367. The van der Waals surface area contributed by atoms with Gasteiger partial charge < -0.3 is 10.0 Å². The maximum absolute atomic E-state index is 13.3. The van der Waals surface area contributed by atoms with Crippen molar-refractivity contribution >= 4 is 5.91 Å². The number of aliphatic hydroxyl groups excluding tert-OH is 1. The van der Waals surface area contributed by atoms with Gasteiger partial charge in [0.25, 0.3) is 0 Å². The average molecular weight is 292 g/mol. The molecular weight excluding hydrogens is 271 g/mol. The van der Waals surface area contributed by atoms with E-state index in [0.29, 0.717) is 25.2 Å². The molecule has 5 heteroatoms. The second kappa shape index (κ2) is 8.40.